The van der Waals surface area contributed by atoms with Crippen molar-refractivity contribution in [2.75, 3.05) is 0 Å². The second kappa shape index (κ2) is 4.01. The molecule has 1 aromatic rings. The number of rotatable bonds is 2. The van der Waals surface area contributed by atoms with Gasteiger partial charge in [-0.2, -0.15) is 0 Å². The van der Waals surface area contributed by atoms with Gasteiger partial charge in [0.05, 0.1) is 0 Å². The summed E-state index contributed by atoms with van der Waals surface area (Å²) in [4.78, 5) is 13.3. The molecule has 0 spiro atoms. The molecule has 0 saturated carbocycles. The van der Waals surface area contributed by atoms with Gasteiger partial charge in [0.2, 0.25) is 5.91 Å². The number of halogens is 1. The van der Waals surface area contributed by atoms with Crippen LogP contribution in [-0.2, 0) is 11.3 Å². The van der Waals surface area contributed by atoms with Crippen LogP contribution in [0.5, 0.6) is 0 Å². The van der Waals surface area contributed by atoms with Gasteiger partial charge in [-0.1, -0.05) is 12.1 Å². The highest BCUT2D eigenvalue weighted by molar-refractivity contribution is 5.78. The van der Waals surface area contributed by atoms with E-state index in [1.54, 1.807) is 6.07 Å². The fourth-order valence-corrected chi connectivity index (χ4v) is 1.95. The average Bonchev–Trinajstić information content (AvgIpc) is 2.50. The highest BCUT2D eigenvalue weighted by Gasteiger charge is 2.27. The van der Waals surface area contributed by atoms with Gasteiger partial charge in [0.15, 0.2) is 0 Å². The minimum atomic E-state index is -0.244. The van der Waals surface area contributed by atoms with E-state index in [0.717, 1.165) is 12.0 Å². The molecular weight excluding hydrogens is 193 g/mol. The van der Waals surface area contributed by atoms with E-state index < -0.39 is 0 Å². The summed E-state index contributed by atoms with van der Waals surface area (Å²) in [7, 11) is 0. The van der Waals surface area contributed by atoms with E-state index in [4.69, 9.17) is 0 Å². The van der Waals surface area contributed by atoms with Crippen LogP contribution in [0.1, 0.15) is 25.3 Å². The molecule has 1 aliphatic rings. The minimum Gasteiger partial charge on any atom is -0.336 e. The summed E-state index contributed by atoms with van der Waals surface area (Å²) in [6.45, 7) is 2.56. The van der Waals surface area contributed by atoms with E-state index in [-0.39, 0.29) is 17.8 Å². The molecule has 1 fully saturated rings. The van der Waals surface area contributed by atoms with E-state index in [2.05, 4.69) is 0 Å². The SMILES string of the molecule is C[C@H]1CCC(=O)N1Cc1cccc(F)c1. The summed E-state index contributed by atoms with van der Waals surface area (Å²) in [6.07, 6.45) is 1.53. The second-order valence-electron chi connectivity index (χ2n) is 4.04. The molecule has 80 valence electrons. The fraction of sp³-hybridized carbons (Fsp3) is 0.417. The van der Waals surface area contributed by atoms with Crippen molar-refractivity contribution in [3.8, 4) is 0 Å². The first-order valence-corrected chi connectivity index (χ1v) is 5.21. The molecule has 1 atom stereocenters. The Morgan fingerprint density at radius 3 is 2.93 bits per heavy atom. The predicted octanol–water partition coefficient (Wildman–Crippen LogP) is 2.34. The third-order valence-electron chi connectivity index (χ3n) is 2.87. The van der Waals surface area contributed by atoms with Crippen LogP contribution >= 0.6 is 0 Å². The van der Waals surface area contributed by atoms with Gasteiger partial charge >= 0.3 is 0 Å². The van der Waals surface area contributed by atoms with Crippen LogP contribution in [0.4, 0.5) is 4.39 Å². The molecule has 1 aromatic carbocycles. The molecule has 2 nitrogen and oxygen atoms in total. The van der Waals surface area contributed by atoms with Gasteiger partial charge in [-0.3, -0.25) is 4.79 Å². The number of carbonyl (C=O) groups is 1. The smallest absolute Gasteiger partial charge is 0.223 e. The van der Waals surface area contributed by atoms with Crippen LogP contribution in [0, 0.1) is 5.82 Å². The maximum Gasteiger partial charge on any atom is 0.223 e. The Labute approximate surface area is 88.7 Å². The molecule has 0 radical (unpaired) electrons. The van der Waals surface area contributed by atoms with Gasteiger partial charge in [0, 0.05) is 19.0 Å². The number of amides is 1. The topological polar surface area (TPSA) is 20.3 Å². The van der Waals surface area contributed by atoms with Crippen molar-refractivity contribution >= 4 is 5.91 Å². The largest absolute Gasteiger partial charge is 0.336 e. The molecule has 0 bridgehead atoms. The first-order chi connectivity index (χ1) is 7.16. The minimum absolute atomic E-state index is 0.173. The van der Waals surface area contributed by atoms with E-state index in [0.29, 0.717) is 13.0 Å². The molecule has 0 N–H and O–H groups in total. The first-order valence-electron chi connectivity index (χ1n) is 5.21. The standard InChI is InChI=1S/C12H14FNO/c1-9-5-6-12(15)14(9)8-10-3-2-4-11(13)7-10/h2-4,7,9H,5-6,8H2,1H3/t9-/m0/s1. The van der Waals surface area contributed by atoms with E-state index in [1.807, 2.05) is 17.9 Å². The lowest BCUT2D eigenvalue weighted by Crippen LogP contribution is -2.30. The van der Waals surface area contributed by atoms with Gasteiger partial charge in [-0.15, -0.1) is 0 Å². The van der Waals surface area contributed by atoms with Crippen molar-refractivity contribution < 1.29 is 9.18 Å². The normalized spacial score (nSPS) is 21.1. The van der Waals surface area contributed by atoms with Crippen molar-refractivity contribution in [2.24, 2.45) is 0 Å². The maximum absolute atomic E-state index is 12.9. The molecule has 0 aromatic heterocycles. The number of nitrogens with zero attached hydrogens (tertiary/aromatic N) is 1. The molecule has 0 aliphatic carbocycles. The summed E-state index contributed by atoms with van der Waals surface area (Å²) in [5.74, 6) is -0.0708. The Morgan fingerprint density at radius 2 is 2.33 bits per heavy atom. The van der Waals surface area contributed by atoms with Crippen LogP contribution in [0.25, 0.3) is 0 Å². The zero-order chi connectivity index (χ0) is 10.8. The van der Waals surface area contributed by atoms with Crippen LogP contribution in [-0.4, -0.2) is 16.8 Å². The van der Waals surface area contributed by atoms with E-state index >= 15 is 0 Å². The summed E-state index contributed by atoms with van der Waals surface area (Å²) in [5, 5.41) is 0. The van der Waals surface area contributed by atoms with Crippen molar-refractivity contribution in [2.45, 2.75) is 32.4 Å². The summed E-state index contributed by atoms with van der Waals surface area (Å²) in [6, 6.07) is 6.70. The quantitative estimate of drug-likeness (QED) is 0.729. The highest BCUT2D eigenvalue weighted by Crippen LogP contribution is 2.20. The maximum atomic E-state index is 12.9. The van der Waals surface area contributed by atoms with Crippen LogP contribution < -0.4 is 0 Å². The zero-order valence-electron chi connectivity index (χ0n) is 8.74. The molecular formula is C12H14FNO. The van der Waals surface area contributed by atoms with Gasteiger partial charge in [0.1, 0.15) is 5.82 Å². The van der Waals surface area contributed by atoms with Crippen molar-refractivity contribution in [3.05, 3.63) is 35.6 Å². The number of hydrogen-bond acceptors (Lipinski definition) is 1. The summed E-state index contributed by atoms with van der Waals surface area (Å²) in [5.41, 5.74) is 0.858. The van der Waals surface area contributed by atoms with Gasteiger partial charge < -0.3 is 4.90 Å². The van der Waals surface area contributed by atoms with Crippen LogP contribution in [0.3, 0.4) is 0 Å². The number of hydrogen-bond donors (Lipinski definition) is 0. The lowest BCUT2D eigenvalue weighted by atomic mass is 10.2. The van der Waals surface area contributed by atoms with Crippen molar-refractivity contribution in [1.29, 1.82) is 0 Å². The number of likely N-dealkylation sites (tertiary alicyclic amines) is 1. The third kappa shape index (κ3) is 2.17. The average molecular weight is 207 g/mol. The first kappa shape index (κ1) is 10.1. The Morgan fingerprint density at radius 1 is 1.53 bits per heavy atom. The summed E-state index contributed by atoms with van der Waals surface area (Å²) < 4.78 is 12.9. The molecule has 3 heteroatoms. The molecule has 1 aliphatic heterocycles. The second-order valence-corrected chi connectivity index (χ2v) is 4.04. The van der Waals surface area contributed by atoms with Gasteiger partial charge in [-0.05, 0) is 31.0 Å². The van der Waals surface area contributed by atoms with Crippen LogP contribution in [0.15, 0.2) is 24.3 Å². The Bertz CT molecular complexity index is 378. The molecule has 1 saturated heterocycles. The summed E-state index contributed by atoms with van der Waals surface area (Å²) >= 11 is 0. The van der Waals surface area contributed by atoms with Gasteiger partial charge in [0.25, 0.3) is 0 Å². The molecule has 1 heterocycles. The predicted molar refractivity (Wildman–Crippen MR) is 55.6 cm³/mol. The lowest BCUT2D eigenvalue weighted by Gasteiger charge is -2.21. The van der Waals surface area contributed by atoms with E-state index in [9.17, 15) is 9.18 Å². The lowest BCUT2D eigenvalue weighted by molar-refractivity contribution is -0.129. The zero-order valence-corrected chi connectivity index (χ0v) is 8.74. The fourth-order valence-electron chi connectivity index (χ4n) is 1.95. The monoisotopic (exact) mass is 207 g/mol. The molecule has 1 amide bonds. The number of benzene rings is 1. The van der Waals surface area contributed by atoms with Gasteiger partial charge in [-0.25, -0.2) is 4.39 Å². The highest BCUT2D eigenvalue weighted by atomic mass is 19.1. The Hall–Kier alpha value is -1.38. The van der Waals surface area contributed by atoms with E-state index in [1.165, 1.54) is 12.1 Å². The Kier molecular flexibility index (Phi) is 2.71. The third-order valence-corrected chi connectivity index (χ3v) is 2.87. The molecule has 2 rings (SSSR count). The Balaban J connectivity index is 2.11. The molecule has 0 unspecified atom stereocenters. The number of carbonyl (C=O) groups excluding carboxylic acids is 1. The van der Waals surface area contributed by atoms with Crippen molar-refractivity contribution in [1.82, 2.24) is 4.90 Å². The van der Waals surface area contributed by atoms with Crippen molar-refractivity contribution in [3.63, 3.8) is 0 Å². The van der Waals surface area contributed by atoms with Crippen LogP contribution in [0.2, 0.25) is 0 Å². The molecule has 15 heavy (non-hydrogen) atoms.